The van der Waals surface area contributed by atoms with Crippen LogP contribution in [0, 0.1) is 5.92 Å². The summed E-state index contributed by atoms with van der Waals surface area (Å²) in [6.45, 7) is 5.35. The number of likely N-dealkylation sites (tertiary alicyclic amines) is 1. The molecular formula is C22H31Cl2N3O3. The molecule has 0 spiro atoms. The molecule has 166 valence electrons. The normalized spacial score (nSPS) is 22.0. The molecule has 1 aliphatic carbocycles. The highest BCUT2D eigenvalue weighted by Crippen LogP contribution is 2.40. The maximum Gasteiger partial charge on any atom is 0.236 e. The van der Waals surface area contributed by atoms with Crippen LogP contribution in [-0.4, -0.2) is 77.5 Å². The highest BCUT2D eigenvalue weighted by molar-refractivity contribution is 6.35. The van der Waals surface area contributed by atoms with Crippen molar-refractivity contribution in [1.29, 1.82) is 0 Å². The zero-order valence-corrected chi connectivity index (χ0v) is 19.6. The number of carbonyl (C=O) groups is 2. The maximum absolute atomic E-state index is 12.9. The Bertz CT molecular complexity index is 809. The SMILES string of the molecule is CC(C)N(C)C(=O)C1CCN(C(=O)CN(C)C2c3cc(Cl)cc(Cl)c3CC2O)CC1. The van der Waals surface area contributed by atoms with Crippen LogP contribution in [0.5, 0.6) is 0 Å². The number of likely N-dealkylation sites (N-methyl/N-ethyl adjacent to an activating group) is 1. The van der Waals surface area contributed by atoms with E-state index in [-0.39, 0.29) is 36.4 Å². The third-order valence-electron chi connectivity index (χ3n) is 6.47. The molecule has 1 N–H and O–H groups in total. The Labute approximate surface area is 188 Å². The molecule has 8 heteroatoms. The van der Waals surface area contributed by atoms with Crippen LogP contribution in [0.4, 0.5) is 0 Å². The number of hydrogen-bond acceptors (Lipinski definition) is 4. The summed E-state index contributed by atoms with van der Waals surface area (Å²) in [6.07, 6.45) is 1.19. The molecule has 1 saturated heterocycles. The average Bonchev–Trinajstić information content (AvgIpc) is 3.03. The zero-order chi connectivity index (χ0) is 22.2. The first-order valence-electron chi connectivity index (χ1n) is 10.5. The van der Waals surface area contributed by atoms with Gasteiger partial charge in [-0.15, -0.1) is 0 Å². The standard InChI is InChI=1S/C22H31Cl2N3O3/c1-13(2)26(4)22(30)14-5-7-27(8-6-14)20(29)12-25(3)21-17-9-15(23)10-18(24)16(17)11-19(21)28/h9-10,13-14,19,21,28H,5-8,11-12H2,1-4H3. The summed E-state index contributed by atoms with van der Waals surface area (Å²) in [5, 5.41) is 11.7. The van der Waals surface area contributed by atoms with Gasteiger partial charge in [-0.1, -0.05) is 23.2 Å². The van der Waals surface area contributed by atoms with E-state index in [9.17, 15) is 14.7 Å². The quantitative estimate of drug-likeness (QED) is 0.740. The third kappa shape index (κ3) is 4.77. The van der Waals surface area contributed by atoms with Crippen molar-refractivity contribution in [2.45, 2.75) is 51.3 Å². The summed E-state index contributed by atoms with van der Waals surface area (Å²) >= 11 is 12.5. The van der Waals surface area contributed by atoms with Crippen molar-refractivity contribution in [2.24, 2.45) is 5.92 Å². The number of aliphatic hydroxyl groups is 1. The Hall–Kier alpha value is -1.34. The minimum atomic E-state index is -0.635. The van der Waals surface area contributed by atoms with E-state index < -0.39 is 6.10 Å². The first-order valence-corrected chi connectivity index (χ1v) is 11.3. The second kappa shape index (κ2) is 9.43. The van der Waals surface area contributed by atoms with E-state index in [1.807, 2.05) is 43.8 Å². The Morgan fingerprint density at radius 3 is 2.43 bits per heavy atom. The van der Waals surface area contributed by atoms with Gasteiger partial charge in [-0.3, -0.25) is 14.5 Å². The van der Waals surface area contributed by atoms with Crippen LogP contribution in [0.2, 0.25) is 10.0 Å². The molecule has 1 aliphatic heterocycles. The van der Waals surface area contributed by atoms with E-state index in [0.717, 1.165) is 11.1 Å². The lowest BCUT2D eigenvalue weighted by molar-refractivity contribution is -0.141. The number of rotatable bonds is 5. The van der Waals surface area contributed by atoms with Crippen molar-refractivity contribution in [1.82, 2.24) is 14.7 Å². The van der Waals surface area contributed by atoms with Crippen LogP contribution >= 0.6 is 23.2 Å². The minimum Gasteiger partial charge on any atom is -0.391 e. The van der Waals surface area contributed by atoms with Crippen molar-refractivity contribution in [3.05, 3.63) is 33.3 Å². The topological polar surface area (TPSA) is 64.1 Å². The van der Waals surface area contributed by atoms with Crippen LogP contribution in [0.3, 0.4) is 0 Å². The van der Waals surface area contributed by atoms with Gasteiger partial charge >= 0.3 is 0 Å². The summed E-state index contributed by atoms with van der Waals surface area (Å²) in [6, 6.07) is 3.37. The molecule has 0 aromatic heterocycles. The molecule has 2 amide bonds. The molecule has 3 rings (SSSR count). The average molecular weight is 456 g/mol. The molecule has 6 nitrogen and oxygen atoms in total. The molecule has 1 fully saturated rings. The Morgan fingerprint density at radius 1 is 1.20 bits per heavy atom. The number of carbonyl (C=O) groups excluding carboxylic acids is 2. The molecule has 1 aromatic rings. The fourth-order valence-electron chi connectivity index (χ4n) is 4.49. The van der Waals surface area contributed by atoms with E-state index in [0.29, 0.717) is 42.4 Å². The van der Waals surface area contributed by atoms with E-state index in [1.165, 1.54) is 0 Å². The van der Waals surface area contributed by atoms with Gasteiger partial charge in [0.2, 0.25) is 11.8 Å². The highest BCUT2D eigenvalue weighted by Gasteiger charge is 2.37. The van der Waals surface area contributed by atoms with E-state index in [1.54, 1.807) is 11.0 Å². The summed E-state index contributed by atoms with van der Waals surface area (Å²) < 4.78 is 0. The van der Waals surface area contributed by atoms with Gasteiger partial charge < -0.3 is 14.9 Å². The number of aliphatic hydroxyl groups excluding tert-OH is 1. The van der Waals surface area contributed by atoms with Crippen molar-refractivity contribution in [3.8, 4) is 0 Å². The van der Waals surface area contributed by atoms with Crippen LogP contribution in [-0.2, 0) is 16.0 Å². The van der Waals surface area contributed by atoms with E-state index >= 15 is 0 Å². The zero-order valence-electron chi connectivity index (χ0n) is 18.1. The second-order valence-corrected chi connectivity index (χ2v) is 9.63. The predicted molar refractivity (Wildman–Crippen MR) is 119 cm³/mol. The molecule has 0 bridgehead atoms. The van der Waals surface area contributed by atoms with Crippen LogP contribution in [0.1, 0.15) is 43.9 Å². The lowest BCUT2D eigenvalue weighted by Gasteiger charge is -2.36. The number of nitrogens with zero attached hydrogens (tertiary/aromatic N) is 3. The fourth-order valence-corrected chi connectivity index (χ4v) is 5.08. The molecule has 2 unspecified atom stereocenters. The van der Waals surface area contributed by atoms with E-state index in [4.69, 9.17) is 23.2 Å². The lowest BCUT2D eigenvalue weighted by atomic mass is 9.95. The maximum atomic E-state index is 12.9. The number of fused-ring (bicyclic) bond motifs is 1. The van der Waals surface area contributed by atoms with Gasteiger partial charge in [0, 0.05) is 48.6 Å². The van der Waals surface area contributed by atoms with Gasteiger partial charge in [-0.2, -0.15) is 0 Å². The first kappa shape index (κ1) is 23.3. The van der Waals surface area contributed by atoms with Crippen molar-refractivity contribution in [2.75, 3.05) is 33.7 Å². The lowest BCUT2D eigenvalue weighted by Crippen LogP contribution is -2.47. The predicted octanol–water partition coefficient (Wildman–Crippen LogP) is 2.99. The summed E-state index contributed by atoms with van der Waals surface area (Å²) in [4.78, 5) is 30.9. The van der Waals surface area contributed by atoms with Crippen LogP contribution in [0.25, 0.3) is 0 Å². The van der Waals surface area contributed by atoms with Gasteiger partial charge in [0.1, 0.15) is 0 Å². The highest BCUT2D eigenvalue weighted by atomic mass is 35.5. The molecular weight excluding hydrogens is 425 g/mol. The van der Waals surface area contributed by atoms with Crippen LogP contribution in [0.15, 0.2) is 12.1 Å². The monoisotopic (exact) mass is 455 g/mol. The Morgan fingerprint density at radius 2 is 1.83 bits per heavy atom. The third-order valence-corrected chi connectivity index (χ3v) is 7.03. The Balaban J connectivity index is 1.59. The molecule has 0 radical (unpaired) electrons. The van der Waals surface area contributed by atoms with Crippen molar-refractivity contribution in [3.63, 3.8) is 0 Å². The molecule has 0 saturated carbocycles. The molecule has 2 aliphatic rings. The van der Waals surface area contributed by atoms with Gasteiger partial charge in [-0.25, -0.2) is 0 Å². The van der Waals surface area contributed by atoms with Gasteiger partial charge in [-0.05, 0) is 57.0 Å². The minimum absolute atomic E-state index is 0.00869. The number of halogens is 2. The number of amides is 2. The molecule has 1 aromatic carbocycles. The van der Waals surface area contributed by atoms with Gasteiger partial charge in [0.25, 0.3) is 0 Å². The van der Waals surface area contributed by atoms with Crippen molar-refractivity contribution < 1.29 is 14.7 Å². The van der Waals surface area contributed by atoms with Crippen molar-refractivity contribution >= 4 is 35.0 Å². The second-order valence-electron chi connectivity index (χ2n) is 8.78. The number of hydrogen-bond donors (Lipinski definition) is 1. The Kier molecular flexibility index (Phi) is 7.33. The molecule has 30 heavy (non-hydrogen) atoms. The van der Waals surface area contributed by atoms with Gasteiger partial charge in [0.15, 0.2) is 0 Å². The smallest absolute Gasteiger partial charge is 0.236 e. The van der Waals surface area contributed by atoms with E-state index in [2.05, 4.69) is 0 Å². The largest absolute Gasteiger partial charge is 0.391 e. The first-order chi connectivity index (χ1) is 14.1. The molecule has 2 atom stereocenters. The summed E-state index contributed by atoms with van der Waals surface area (Å²) in [5.41, 5.74) is 1.78. The molecule has 1 heterocycles. The fraction of sp³-hybridized carbons (Fsp3) is 0.636. The number of benzene rings is 1. The summed E-state index contributed by atoms with van der Waals surface area (Å²) in [7, 11) is 3.67. The van der Waals surface area contributed by atoms with Crippen LogP contribution < -0.4 is 0 Å². The number of piperidine rings is 1. The summed E-state index contributed by atoms with van der Waals surface area (Å²) in [5.74, 6) is 0.148. The van der Waals surface area contributed by atoms with Gasteiger partial charge in [0.05, 0.1) is 18.7 Å².